The molecule has 12 heteroatoms. The molecule has 0 spiro atoms. The molecule has 5 saturated heterocycles. The summed E-state index contributed by atoms with van der Waals surface area (Å²) in [5.74, 6) is -1.38. The molecule has 12 nitrogen and oxygen atoms in total. The number of ether oxygens (including phenoxy) is 11. The zero-order chi connectivity index (χ0) is 44.3. The van der Waals surface area contributed by atoms with Crippen LogP contribution in [0.2, 0.25) is 0 Å². The highest BCUT2D eigenvalue weighted by atomic mass is 16.8. The molecule has 0 radical (unpaired) electrons. The van der Waals surface area contributed by atoms with Crippen LogP contribution in [-0.4, -0.2) is 110 Å². The second kappa shape index (κ2) is 20.8. The number of fused-ring (bicyclic) bond motifs is 1. The lowest BCUT2D eigenvalue weighted by molar-refractivity contribution is -0.316. The summed E-state index contributed by atoms with van der Waals surface area (Å²) in [7, 11) is 0. The Balaban J connectivity index is 0.990. The molecule has 1 N–H and O–H groups in total. The molecule has 63 heavy (non-hydrogen) atoms. The largest absolute Gasteiger partial charge is 0.390 e. The van der Waals surface area contributed by atoms with Gasteiger partial charge in [-0.15, -0.1) is 0 Å². The lowest BCUT2D eigenvalue weighted by atomic mass is 9.79. The average molecular weight is 875 g/mol. The van der Waals surface area contributed by atoms with Crippen molar-refractivity contribution >= 4 is 0 Å². The zero-order valence-electron chi connectivity index (χ0n) is 38.2. The molecule has 346 valence electrons. The number of aliphatic hydroxyl groups is 1. The molecule has 5 aliphatic heterocycles. The van der Waals surface area contributed by atoms with Gasteiger partial charge in [0.05, 0.1) is 88.0 Å². The van der Waals surface area contributed by atoms with Crippen molar-refractivity contribution in [2.75, 3.05) is 13.2 Å². The van der Waals surface area contributed by atoms with Crippen molar-refractivity contribution in [3.63, 3.8) is 0 Å². The molecule has 0 aliphatic carbocycles. The van der Waals surface area contributed by atoms with Crippen LogP contribution < -0.4 is 0 Å². The van der Waals surface area contributed by atoms with Crippen molar-refractivity contribution in [1.82, 2.24) is 0 Å². The van der Waals surface area contributed by atoms with Gasteiger partial charge in [-0.3, -0.25) is 0 Å². The summed E-state index contributed by atoms with van der Waals surface area (Å²) < 4.78 is 73.2. The number of hydrogen-bond acceptors (Lipinski definition) is 12. The fourth-order valence-corrected chi connectivity index (χ4v) is 10.3. The minimum absolute atomic E-state index is 0.0854. The first-order chi connectivity index (χ1) is 30.3. The van der Waals surface area contributed by atoms with Gasteiger partial charge in [-0.2, -0.15) is 0 Å². The molecular formula is C51H70O12. The fourth-order valence-electron chi connectivity index (χ4n) is 10.3. The van der Waals surface area contributed by atoms with E-state index in [1.165, 1.54) is 0 Å². The van der Waals surface area contributed by atoms with Gasteiger partial charge in [0.2, 0.25) is 0 Å². The number of hydrogen-bond donors (Lipinski definition) is 1. The van der Waals surface area contributed by atoms with E-state index in [0.717, 1.165) is 16.7 Å². The molecule has 0 aromatic heterocycles. The molecule has 3 aromatic carbocycles. The fraction of sp³-hybridized carbons (Fsp3) is 0.647. The van der Waals surface area contributed by atoms with Crippen LogP contribution in [0.4, 0.5) is 0 Å². The van der Waals surface area contributed by atoms with E-state index in [1.54, 1.807) is 0 Å². The maximum atomic E-state index is 10.9. The van der Waals surface area contributed by atoms with Gasteiger partial charge in [-0.1, -0.05) is 112 Å². The first-order valence-corrected chi connectivity index (χ1v) is 23.2. The highest BCUT2D eigenvalue weighted by molar-refractivity contribution is 5.15. The minimum Gasteiger partial charge on any atom is -0.390 e. The maximum absolute atomic E-state index is 10.9. The molecule has 5 heterocycles. The van der Waals surface area contributed by atoms with Crippen LogP contribution in [0, 0.1) is 23.7 Å². The van der Waals surface area contributed by atoms with Crippen molar-refractivity contribution in [2.24, 2.45) is 23.7 Å². The zero-order valence-corrected chi connectivity index (χ0v) is 38.2. The Morgan fingerprint density at radius 2 is 1.06 bits per heavy atom. The lowest BCUT2D eigenvalue weighted by Crippen LogP contribution is -2.60. The summed E-state index contributed by atoms with van der Waals surface area (Å²) in [6.07, 6.45) is -4.84. The van der Waals surface area contributed by atoms with Crippen LogP contribution in [0.5, 0.6) is 0 Å². The van der Waals surface area contributed by atoms with Crippen LogP contribution >= 0.6 is 0 Å². The third-order valence-corrected chi connectivity index (χ3v) is 13.9. The predicted octanol–water partition coefficient (Wildman–Crippen LogP) is 7.62. The van der Waals surface area contributed by atoms with Gasteiger partial charge < -0.3 is 57.2 Å². The van der Waals surface area contributed by atoms with E-state index in [0.29, 0.717) is 39.5 Å². The van der Waals surface area contributed by atoms with E-state index >= 15 is 0 Å². The van der Waals surface area contributed by atoms with Crippen LogP contribution in [0.1, 0.15) is 78.5 Å². The molecular weight excluding hydrogens is 805 g/mol. The Morgan fingerprint density at radius 3 is 1.67 bits per heavy atom. The van der Waals surface area contributed by atoms with E-state index in [4.69, 9.17) is 52.1 Å². The highest BCUT2D eigenvalue weighted by Gasteiger charge is 2.57. The van der Waals surface area contributed by atoms with Gasteiger partial charge >= 0.3 is 0 Å². The summed E-state index contributed by atoms with van der Waals surface area (Å²) in [6, 6.07) is 30.6. The normalized spacial score (nSPS) is 40.3. The van der Waals surface area contributed by atoms with Crippen molar-refractivity contribution in [3.8, 4) is 0 Å². The second-order valence-electron chi connectivity index (χ2n) is 19.0. The third kappa shape index (κ3) is 11.1. The van der Waals surface area contributed by atoms with Crippen LogP contribution in [-0.2, 0) is 71.9 Å². The van der Waals surface area contributed by atoms with Crippen molar-refractivity contribution in [1.29, 1.82) is 0 Å². The standard InChI is InChI=1S/C51H70O12/c1-30-40(24-39-33(4)59-50(48-47(39)62-51(7,8)63-48)60-44-31(2)43(52)34(5)58-35(44)6)55-28-42(54-26-37-20-14-10-15-21-37)46(30)61-49-32(3)45(56-27-38-22-16-11-17-23-38)41(29-57-49)53-25-36-18-12-9-13-19-36/h9-23,30-35,39-50,52H,24-29H2,1-8H3/t30?,31?,32?,33?,34?,35-,39-,40-,41+,42+,43+,44?,45?,46?,47?,48?,49-,50-/m0/s1. The van der Waals surface area contributed by atoms with Crippen LogP contribution in [0.15, 0.2) is 91.0 Å². The summed E-state index contributed by atoms with van der Waals surface area (Å²) in [4.78, 5) is 0. The van der Waals surface area contributed by atoms with E-state index in [2.05, 4.69) is 57.2 Å². The summed E-state index contributed by atoms with van der Waals surface area (Å²) in [5, 5.41) is 10.9. The molecule has 8 rings (SSSR count). The molecule has 18 atom stereocenters. The Kier molecular flexibility index (Phi) is 15.4. The van der Waals surface area contributed by atoms with Crippen molar-refractivity contribution in [3.05, 3.63) is 108 Å². The second-order valence-corrected chi connectivity index (χ2v) is 19.0. The summed E-state index contributed by atoms with van der Waals surface area (Å²) >= 11 is 0. The number of aliphatic hydroxyl groups excluding tert-OH is 1. The molecule has 5 fully saturated rings. The average Bonchev–Trinajstić information content (AvgIpc) is 3.62. The lowest BCUT2D eigenvalue weighted by Gasteiger charge is -2.49. The van der Waals surface area contributed by atoms with E-state index in [9.17, 15) is 5.11 Å². The highest BCUT2D eigenvalue weighted by Crippen LogP contribution is 2.45. The van der Waals surface area contributed by atoms with E-state index < -0.39 is 30.6 Å². The first kappa shape index (κ1) is 46.7. The van der Waals surface area contributed by atoms with Crippen molar-refractivity contribution < 1.29 is 57.2 Å². The Morgan fingerprint density at radius 1 is 0.540 bits per heavy atom. The van der Waals surface area contributed by atoms with Gasteiger partial charge in [0.25, 0.3) is 0 Å². The van der Waals surface area contributed by atoms with Gasteiger partial charge in [-0.25, -0.2) is 0 Å². The van der Waals surface area contributed by atoms with Gasteiger partial charge in [0.1, 0.15) is 18.3 Å². The van der Waals surface area contributed by atoms with Gasteiger partial charge in [0.15, 0.2) is 18.4 Å². The summed E-state index contributed by atoms with van der Waals surface area (Å²) in [6.45, 7) is 18.1. The van der Waals surface area contributed by atoms with E-state index in [-0.39, 0.29) is 84.7 Å². The summed E-state index contributed by atoms with van der Waals surface area (Å²) in [5.41, 5.74) is 3.26. The molecule has 5 aliphatic rings. The SMILES string of the molecule is CC1C(OCc2ccccc2)[C@H](OCc2ccccc2)CO[C@H]1OC1C(C)[C@H](C[C@H]2C(C)O[C@@H](OC3C(C)[C@@H](O)C(C)O[C@H]3C)C3OC(C)(C)OC32)OC[C@H]1OCc1ccccc1. The molecule has 0 bridgehead atoms. The monoisotopic (exact) mass is 874 g/mol. The number of benzene rings is 3. The Bertz CT molecular complexity index is 1840. The van der Waals surface area contributed by atoms with Gasteiger partial charge in [0, 0.05) is 23.7 Å². The first-order valence-electron chi connectivity index (χ1n) is 23.2. The number of rotatable bonds is 15. The Hall–Kier alpha value is -2.82. The smallest absolute Gasteiger partial charge is 0.187 e. The molecule has 0 saturated carbocycles. The quantitative estimate of drug-likeness (QED) is 0.162. The van der Waals surface area contributed by atoms with E-state index in [1.807, 2.05) is 89.2 Å². The molecule has 0 amide bonds. The topological polar surface area (TPSA) is 122 Å². The van der Waals surface area contributed by atoms with Crippen LogP contribution in [0.25, 0.3) is 0 Å². The van der Waals surface area contributed by atoms with Gasteiger partial charge in [-0.05, 0) is 57.7 Å². The van der Waals surface area contributed by atoms with Crippen molar-refractivity contribution in [2.45, 2.75) is 173 Å². The predicted molar refractivity (Wildman–Crippen MR) is 234 cm³/mol. The Labute approximate surface area is 374 Å². The van der Waals surface area contributed by atoms with Crippen LogP contribution in [0.3, 0.4) is 0 Å². The third-order valence-electron chi connectivity index (χ3n) is 13.9. The maximum Gasteiger partial charge on any atom is 0.187 e. The molecule has 3 aromatic rings. The molecule has 10 unspecified atom stereocenters. The minimum atomic E-state index is -0.853.